The SMILES string of the molecule is COC(=O)CCCN1CCCCC1CNC(C)C. The predicted molar refractivity (Wildman–Crippen MR) is 73.6 cm³/mol. The summed E-state index contributed by atoms with van der Waals surface area (Å²) >= 11 is 0. The zero-order valence-electron chi connectivity index (χ0n) is 12.1. The van der Waals surface area contributed by atoms with E-state index >= 15 is 0 Å². The van der Waals surface area contributed by atoms with E-state index in [4.69, 9.17) is 0 Å². The van der Waals surface area contributed by atoms with Crippen LogP contribution in [0.5, 0.6) is 0 Å². The fourth-order valence-electron chi connectivity index (χ4n) is 2.49. The number of ether oxygens (including phenoxy) is 1. The third-order valence-corrected chi connectivity index (χ3v) is 3.56. The fourth-order valence-corrected chi connectivity index (χ4v) is 2.49. The van der Waals surface area contributed by atoms with Crippen LogP contribution in [0.2, 0.25) is 0 Å². The Morgan fingerprint density at radius 1 is 1.44 bits per heavy atom. The molecule has 1 heterocycles. The van der Waals surface area contributed by atoms with Crippen molar-refractivity contribution in [2.45, 2.75) is 58.0 Å². The Morgan fingerprint density at radius 2 is 2.22 bits per heavy atom. The molecule has 0 radical (unpaired) electrons. The number of hydrogen-bond donors (Lipinski definition) is 1. The number of nitrogens with one attached hydrogen (secondary N) is 1. The summed E-state index contributed by atoms with van der Waals surface area (Å²) in [4.78, 5) is 13.6. The topological polar surface area (TPSA) is 41.6 Å². The van der Waals surface area contributed by atoms with Crippen LogP contribution in [-0.2, 0) is 9.53 Å². The van der Waals surface area contributed by atoms with Gasteiger partial charge in [-0.2, -0.15) is 0 Å². The average molecular weight is 256 g/mol. The Bertz CT molecular complexity index is 244. The molecule has 1 N–H and O–H groups in total. The summed E-state index contributed by atoms with van der Waals surface area (Å²) in [5.74, 6) is -0.0936. The van der Waals surface area contributed by atoms with Crippen molar-refractivity contribution < 1.29 is 9.53 Å². The van der Waals surface area contributed by atoms with Gasteiger partial charge in [-0.1, -0.05) is 20.3 Å². The molecule has 1 rings (SSSR count). The Labute approximate surface area is 111 Å². The second-order valence-corrected chi connectivity index (χ2v) is 5.43. The maximum absolute atomic E-state index is 11.1. The van der Waals surface area contributed by atoms with Crippen molar-refractivity contribution in [2.24, 2.45) is 0 Å². The standard InChI is InChI=1S/C14H28N2O2/c1-12(2)15-11-13-7-4-5-9-16(13)10-6-8-14(17)18-3/h12-13,15H,4-11H2,1-3H3. The van der Waals surface area contributed by atoms with Crippen LogP contribution in [0, 0.1) is 0 Å². The molecule has 0 aromatic rings. The third kappa shape index (κ3) is 5.83. The van der Waals surface area contributed by atoms with E-state index in [0.717, 1.165) is 19.5 Å². The molecule has 1 saturated heterocycles. The lowest BCUT2D eigenvalue weighted by Crippen LogP contribution is -2.47. The van der Waals surface area contributed by atoms with Gasteiger partial charge in [0.05, 0.1) is 7.11 Å². The zero-order chi connectivity index (χ0) is 13.4. The van der Waals surface area contributed by atoms with Crippen molar-refractivity contribution in [3.63, 3.8) is 0 Å². The highest BCUT2D eigenvalue weighted by atomic mass is 16.5. The van der Waals surface area contributed by atoms with Crippen LogP contribution < -0.4 is 5.32 Å². The van der Waals surface area contributed by atoms with Gasteiger partial charge in [-0.15, -0.1) is 0 Å². The second kappa shape index (κ2) is 8.48. The highest BCUT2D eigenvalue weighted by Crippen LogP contribution is 2.17. The molecule has 0 aliphatic carbocycles. The Kier molecular flexibility index (Phi) is 7.28. The summed E-state index contributed by atoms with van der Waals surface area (Å²) in [7, 11) is 1.46. The summed E-state index contributed by atoms with van der Waals surface area (Å²) in [6, 6.07) is 1.18. The molecular weight excluding hydrogens is 228 g/mol. The first-order valence-corrected chi connectivity index (χ1v) is 7.17. The number of nitrogens with zero attached hydrogens (tertiary/aromatic N) is 1. The number of esters is 1. The van der Waals surface area contributed by atoms with Gasteiger partial charge in [-0.05, 0) is 32.4 Å². The van der Waals surface area contributed by atoms with Crippen LogP contribution in [-0.4, -0.2) is 49.7 Å². The molecule has 106 valence electrons. The van der Waals surface area contributed by atoms with E-state index in [2.05, 4.69) is 28.8 Å². The van der Waals surface area contributed by atoms with Crippen LogP contribution >= 0.6 is 0 Å². The van der Waals surface area contributed by atoms with Crippen LogP contribution in [0.3, 0.4) is 0 Å². The minimum absolute atomic E-state index is 0.0936. The maximum atomic E-state index is 11.1. The van der Waals surface area contributed by atoms with E-state index in [1.54, 1.807) is 0 Å². The minimum Gasteiger partial charge on any atom is -0.469 e. The number of likely N-dealkylation sites (tertiary alicyclic amines) is 1. The van der Waals surface area contributed by atoms with Crippen LogP contribution in [0.4, 0.5) is 0 Å². The Balaban J connectivity index is 2.28. The monoisotopic (exact) mass is 256 g/mol. The first-order valence-electron chi connectivity index (χ1n) is 7.17. The van der Waals surface area contributed by atoms with Crippen molar-refractivity contribution in [2.75, 3.05) is 26.7 Å². The summed E-state index contributed by atoms with van der Waals surface area (Å²) in [5, 5.41) is 3.52. The number of hydrogen-bond acceptors (Lipinski definition) is 4. The molecule has 1 atom stereocenters. The molecular formula is C14H28N2O2. The number of rotatable bonds is 7. The van der Waals surface area contributed by atoms with Crippen molar-refractivity contribution in [3.05, 3.63) is 0 Å². The summed E-state index contributed by atoms with van der Waals surface area (Å²) in [6.45, 7) is 7.62. The van der Waals surface area contributed by atoms with Crippen LogP contribution in [0.15, 0.2) is 0 Å². The molecule has 18 heavy (non-hydrogen) atoms. The summed E-state index contributed by atoms with van der Waals surface area (Å²) in [5.41, 5.74) is 0. The van der Waals surface area contributed by atoms with Gasteiger partial charge in [0.25, 0.3) is 0 Å². The third-order valence-electron chi connectivity index (χ3n) is 3.56. The van der Waals surface area contributed by atoms with Gasteiger partial charge in [0.2, 0.25) is 0 Å². The van der Waals surface area contributed by atoms with Gasteiger partial charge in [0, 0.05) is 25.0 Å². The quantitative estimate of drug-likeness (QED) is 0.705. The summed E-state index contributed by atoms with van der Waals surface area (Å²) < 4.78 is 4.68. The van der Waals surface area contributed by atoms with Gasteiger partial charge in [-0.25, -0.2) is 0 Å². The number of methoxy groups -OCH3 is 1. The van der Waals surface area contributed by atoms with Crippen LogP contribution in [0.25, 0.3) is 0 Å². The average Bonchev–Trinajstić information content (AvgIpc) is 2.37. The van der Waals surface area contributed by atoms with E-state index in [-0.39, 0.29) is 5.97 Å². The van der Waals surface area contributed by atoms with Crippen LogP contribution in [0.1, 0.15) is 46.0 Å². The molecule has 0 amide bonds. The minimum atomic E-state index is -0.0936. The molecule has 1 fully saturated rings. The molecule has 1 aliphatic heterocycles. The van der Waals surface area contributed by atoms with Crippen molar-refractivity contribution in [1.29, 1.82) is 0 Å². The van der Waals surface area contributed by atoms with E-state index in [1.165, 1.54) is 32.9 Å². The van der Waals surface area contributed by atoms with E-state index in [1.807, 2.05) is 0 Å². The van der Waals surface area contributed by atoms with E-state index in [0.29, 0.717) is 18.5 Å². The molecule has 0 aromatic heterocycles. The Morgan fingerprint density at radius 3 is 2.89 bits per heavy atom. The Hall–Kier alpha value is -0.610. The molecule has 4 heteroatoms. The fraction of sp³-hybridized carbons (Fsp3) is 0.929. The lowest BCUT2D eigenvalue weighted by Gasteiger charge is -2.36. The molecule has 1 aliphatic rings. The van der Waals surface area contributed by atoms with Crippen molar-refractivity contribution in [3.8, 4) is 0 Å². The van der Waals surface area contributed by atoms with Crippen molar-refractivity contribution in [1.82, 2.24) is 10.2 Å². The van der Waals surface area contributed by atoms with Crippen molar-refractivity contribution >= 4 is 5.97 Å². The maximum Gasteiger partial charge on any atom is 0.305 e. The number of piperidine rings is 1. The lowest BCUT2D eigenvalue weighted by molar-refractivity contribution is -0.140. The lowest BCUT2D eigenvalue weighted by atomic mass is 10.0. The van der Waals surface area contributed by atoms with Gasteiger partial charge in [-0.3, -0.25) is 9.69 Å². The van der Waals surface area contributed by atoms with E-state index < -0.39 is 0 Å². The normalized spacial score (nSPS) is 21.2. The van der Waals surface area contributed by atoms with Gasteiger partial charge in [0.1, 0.15) is 0 Å². The zero-order valence-corrected chi connectivity index (χ0v) is 12.1. The largest absolute Gasteiger partial charge is 0.469 e. The molecule has 1 unspecified atom stereocenters. The van der Waals surface area contributed by atoms with E-state index in [9.17, 15) is 4.79 Å². The highest BCUT2D eigenvalue weighted by molar-refractivity contribution is 5.69. The number of carbonyl (C=O) groups excluding carboxylic acids is 1. The molecule has 0 spiro atoms. The molecule has 0 aromatic carbocycles. The molecule has 0 saturated carbocycles. The smallest absolute Gasteiger partial charge is 0.305 e. The molecule has 4 nitrogen and oxygen atoms in total. The summed E-state index contributed by atoms with van der Waals surface area (Å²) in [6.07, 6.45) is 5.34. The van der Waals surface area contributed by atoms with Gasteiger partial charge in [0.15, 0.2) is 0 Å². The second-order valence-electron chi connectivity index (χ2n) is 5.43. The van der Waals surface area contributed by atoms with Gasteiger partial charge < -0.3 is 10.1 Å². The first-order chi connectivity index (χ1) is 8.63. The number of carbonyl (C=O) groups is 1. The van der Waals surface area contributed by atoms with Gasteiger partial charge >= 0.3 is 5.97 Å². The predicted octanol–water partition coefficient (Wildman–Crippen LogP) is 1.79. The first kappa shape index (κ1) is 15.4. The highest BCUT2D eigenvalue weighted by Gasteiger charge is 2.21. The molecule has 0 bridgehead atoms.